The van der Waals surface area contributed by atoms with E-state index in [1.165, 1.54) is 12.1 Å². The number of nitro benzene ring substituents is 1. The van der Waals surface area contributed by atoms with Crippen LogP contribution in [0.2, 0.25) is 0 Å². The molecular formula is C13H9F3N4O4. The van der Waals surface area contributed by atoms with Gasteiger partial charge in [-0.25, -0.2) is 0 Å². The summed E-state index contributed by atoms with van der Waals surface area (Å²) >= 11 is 0. The van der Waals surface area contributed by atoms with Gasteiger partial charge in [0.05, 0.1) is 16.1 Å². The van der Waals surface area contributed by atoms with Gasteiger partial charge in [0.15, 0.2) is 12.4 Å². The number of hydrazine groups is 1. The summed E-state index contributed by atoms with van der Waals surface area (Å²) in [7, 11) is 0. The summed E-state index contributed by atoms with van der Waals surface area (Å²) < 4.78 is 38.2. The van der Waals surface area contributed by atoms with Gasteiger partial charge in [-0.3, -0.25) is 25.8 Å². The molecule has 1 heterocycles. The van der Waals surface area contributed by atoms with Gasteiger partial charge in [0.2, 0.25) is 0 Å². The van der Waals surface area contributed by atoms with Gasteiger partial charge in [-0.1, -0.05) is 0 Å². The molecular weight excluding hydrogens is 333 g/mol. The van der Waals surface area contributed by atoms with Crippen molar-refractivity contribution in [2.75, 3.05) is 5.43 Å². The predicted molar refractivity (Wildman–Crippen MR) is 74.6 cm³/mol. The normalized spacial score (nSPS) is 11.0. The van der Waals surface area contributed by atoms with Gasteiger partial charge < -0.3 is 5.21 Å². The second-order valence-electron chi connectivity index (χ2n) is 4.51. The number of anilines is 1. The molecule has 0 aliphatic heterocycles. The van der Waals surface area contributed by atoms with E-state index in [1.807, 2.05) is 0 Å². The molecule has 1 amide bonds. The quantitative estimate of drug-likeness (QED) is 0.382. The SMILES string of the molecule is O=C(NNc1ccc(C(F)(F)F)cc1[N+](=O)[O-])c1cc[n+]([O-])cc1. The van der Waals surface area contributed by atoms with Gasteiger partial charge in [0.25, 0.3) is 11.6 Å². The number of nitro groups is 1. The number of carbonyl (C=O) groups is 1. The molecule has 0 aliphatic carbocycles. The first-order valence-electron chi connectivity index (χ1n) is 6.29. The number of hydrogen-bond acceptors (Lipinski definition) is 5. The van der Waals surface area contributed by atoms with Crippen molar-refractivity contribution in [2.24, 2.45) is 0 Å². The lowest BCUT2D eigenvalue weighted by atomic mass is 10.1. The zero-order chi connectivity index (χ0) is 17.9. The van der Waals surface area contributed by atoms with Crippen LogP contribution in [0.4, 0.5) is 24.5 Å². The fraction of sp³-hybridized carbons (Fsp3) is 0.0769. The van der Waals surface area contributed by atoms with Crippen molar-refractivity contribution in [1.29, 1.82) is 0 Å². The lowest BCUT2D eigenvalue weighted by Gasteiger charge is -2.11. The van der Waals surface area contributed by atoms with Crippen LogP contribution < -0.4 is 15.6 Å². The van der Waals surface area contributed by atoms with Gasteiger partial charge in [0, 0.05) is 18.2 Å². The largest absolute Gasteiger partial charge is 0.619 e. The molecule has 0 spiro atoms. The van der Waals surface area contributed by atoms with E-state index >= 15 is 0 Å². The van der Waals surface area contributed by atoms with Gasteiger partial charge in [-0.15, -0.1) is 0 Å². The summed E-state index contributed by atoms with van der Waals surface area (Å²) in [6.07, 6.45) is -2.60. The van der Waals surface area contributed by atoms with Crippen LogP contribution in [0.25, 0.3) is 0 Å². The van der Waals surface area contributed by atoms with Crippen LogP contribution >= 0.6 is 0 Å². The van der Waals surface area contributed by atoms with Crippen LogP contribution in [-0.2, 0) is 6.18 Å². The van der Waals surface area contributed by atoms with Crippen LogP contribution in [0.1, 0.15) is 15.9 Å². The molecule has 0 aliphatic rings. The first-order chi connectivity index (χ1) is 11.2. The minimum absolute atomic E-state index is 0.0733. The number of alkyl halides is 3. The van der Waals surface area contributed by atoms with Crippen molar-refractivity contribution in [3.63, 3.8) is 0 Å². The molecule has 126 valence electrons. The van der Waals surface area contributed by atoms with Crippen molar-refractivity contribution in [1.82, 2.24) is 5.43 Å². The van der Waals surface area contributed by atoms with E-state index < -0.39 is 28.3 Å². The maximum atomic E-state index is 12.6. The van der Waals surface area contributed by atoms with E-state index in [4.69, 9.17) is 0 Å². The highest BCUT2D eigenvalue weighted by Crippen LogP contribution is 2.34. The van der Waals surface area contributed by atoms with Gasteiger partial charge in [0.1, 0.15) is 5.69 Å². The molecule has 2 rings (SSSR count). The number of hydrogen-bond donors (Lipinski definition) is 2. The number of rotatable bonds is 4. The molecule has 0 saturated carbocycles. The molecule has 11 heteroatoms. The van der Waals surface area contributed by atoms with Crippen LogP contribution in [0, 0.1) is 15.3 Å². The summed E-state index contributed by atoms with van der Waals surface area (Å²) in [6.45, 7) is 0. The van der Waals surface area contributed by atoms with E-state index in [1.54, 1.807) is 0 Å². The zero-order valence-electron chi connectivity index (χ0n) is 11.7. The van der Waals surface area contributed by atoms with Crippen LogP contribution in [-0.4, -0.2) is 10.8 Å². The molecule has 2 N–H and O–H groups in total. The number of nitrogens with one attached hydrogen (secondary N) is 2. The Morgan fingerprint density at radius 2 is 1.79 bits per heavy atom. The number of aromatic nitrogens is 1. The van der Waals surface area contributed by atoms with Crippen molar-refractivity contribution in [2.45, 2.75) is 6.18 Å². The maximum Gasteiger partial charge on any atom is 0.416 e. The molecule has 2 aromatic rings. The number of amides is 1. The lowest BCUT2D eigenvalue weighted by Crippen LogP contribution is -2.31. The van der Waals surface area contributed by atoms with E-state index in [9.17, 15) is 33.3 Å². The molecule has 8 nitrogen and oxygen atoms in total. The maximum absolute atomic E-state index is 12.6. The van der Waals surface area contributed by atoms with Crippen LogP contribution in [0.3, 0.4) is 0 Å². The minimum Gasteiger partial charge on any atom is -0.619 e. The van der Waals surface area contributed by atoms with Crippen molar-refractivity contribution in [3.05, 3.63) is 69.2 Å². The topological polar surface area (TPSA) is 111 Å². The van der Waals surface area contributed by atoms with Gasteiger partial charge in [-0.05, 0) is 12.1 Å². The average Bonchev–Trinajstić information content (AvgIpc) is 2.52. The third-order valence-electron chi connectivity index (χ3n) is 2.90. The number of pyridine rings is 1. The number of nitrogens with zero attached hydrogens (tertiary/aromatic N) is 2. The Morgan fingerprint density at radius 3 is 2.33 bits per heavy atom. The van der Waals surface area contributed by atoms with E-state index in [2.05, 4.69) is 10.9 Å². The van der Waals surface area contributed by atoms with Crippen molar-refractivity contribution < 1.29 is 27.6 Å². The van der Waals surface area contributed by atoms with Gasteiger partial charge in [-0.2, -0.15) is 17.9 Å². The Morgan fingerprint density at radius 1 is 1.17 bits per heavy atom. The highest BCUT2D eigenvalue weighted by molar-refractivity contribution is 5.94. The second-order valence-corrected chi connectivity index (χ2v) is 4.51. The highest BCUT2D eigenvalue weighted by Gasteiger charge is 2.33. The van der Waals surface area contributed by atoms with E-state index in [0.29, 0.717) is 16.9 Å². The lowest BCUT2D eigenvalue weighted by molar-refractivity contribution is -0.605. The molecule has 1 aromatic heterocycles. The molecule has 0 saturated heterocycles. The Balaban J connectivity index is 2.18. The first-order valence-corrected chi connectivity index (χ1v) is 6.29. The minimum atomic E-state index is -4.73. The van der Waals surface area contributed by atoms with Crippen molar-refractivity contribution in [3.8, 4) is 0 Å². The molecule has 1 aromatic carbocycles. The Bertz CT molecular complexity index is 778. The van der Waals surface area contributed by atoms with Crippen LogP contribution in [0.5, 0.6) is 0 Å². The predicted octanol–water partition coefficient (Wildman–Crippen LogP) is 2.00. The number of benzene rings is 1. The fourth-order valence-corrected chi connectivity index (χ4v) is 1.73. The summed E-state index contributed by atoms with van der Waals surface area (Å²) in [6, 6.07) is 4.23. The standard InChI is InChI=1S/C13H9F3N4O4/c14-13(15,16)9-1-2-10(11(7-9)20(23)24)17-18-12(21)8-3-5-19(22)6-4-8/h1-7,17H,(H,18,21). The summed E-state index contributed by atoms with van der Waals surface area (Å²) in [5.41, 5.74) is 2.01. The van der Waals surface area contributed by atoms with Crippen molar-refractivity contribution >= 4 is 17.3 Å². The number of halogens is 3. The third kappa shape index (κ3) is 3.88. The Kier molecular flexibility index (Phi) is 4.53. The Labute approximate surface area is 132 Å². The zero-order valence-corrected chi connectivity index (χ0v) is 11.7. The second kappa shape index (κ2) is 6.40. The van der Waals surface area contributed by atoms with E-state index in [-0.39, 0.29) is 11.3 Å². The van der Waals surface area contributed by atoms with Crippen LogP contribution in [0.15, 0.2) is 42.7 Å². The molecule has 0 atom stereocenters. The average molecular weight is 342 g/mol. The molecule has 0 bridgehead atoms. The number of carbonyl (C=O) groups excluding carboxylic acids is 1. The molecule has 0 radical (unpaired) electrons. The smallest absolute Gasteiger partial charge is 0.416 e. The fourth-order valence-electron chi connectivity index (χ4n) is 1.73. The highest BCUT2D eigenvalue weighted by atomic mass is 19.4. The molecule has 0 unspecified atom stereocenters. The van der Waals surface area contributed by atoms with Gasteiger partial charge >= 0.3 is 6.18 Å². The Hall–Kier alpha value is -3.37. The third-order valence-corrected chi connectivity index (χ3v) is 2.90. The summed E-state index contributed by atoms with van der Waals surface area (Å²) in [4.78, 5) is 21.7. The van der Waals surface area contributed by atoms with E-state index in [0.717, 1.165) is 18.5 Å². The first kappa shape index (κ1) is 17.0. The molecule has 0 fully saturated rings. The monoisotopic (exact) mass is 342 g/mol. The summed E-state index contributed by atoms with van der Waals surface area (Å²) in [5.74, 6) is -0.732. The molecule has 24 heavy (non-hydrogen) atoms. The summed E-state index contributed by atoms with van der Waals surface area (Å²) in [5, 5.41) is 21.8.